The Bertz CT molecular complexity index is 467. The van der Waals surface area contributed by atoms with E-state index >= 15 is 0 Å². The van der Waals surface area contributed by atoms with Crippen LogP contribution in [0.3, 0.4) is 0 Å². The molecule has 1 fully saturated rings. The molecule has 4 heteroatoms. The van der Waals surface area contributed by atoms with Crippen molar-refractivity contribution in [3.8, 4) is 0 Å². The molecule has 0 aliphatic carbocycles. The van der Waals surface area contributed by atoms with Crippen LogP contribution in [0.5, 0.6) is 0 Å². The molecule has 0 saturated carbocycles. The summed E-state index contributed by atoms with van der Waals surface area (Å²) >= 11 is 5.99. The average molecular weight is 281 g/mol. The highest BCUT2D eigenvalue weighted by molar-refractivity contribution is 6.31. The van der Waals surface area contributed by atoms with Crippen molar-refractivity contribution in [3.63, 3.8) is 0 Å². The maximum absolute atomic E-state index is 12.6. The molecule has 3 nitrogen and oxygen atoms in total. The lowest BCUT2D eigenvalue weighted by Crippen LogP contribution is -2.38. The van der Waals surface area contributed by atoms with Crippen LogP contribution in [0.4, 0.5) is 5.69 Å². The number of hydrogen-bond acceptors (Lipinski definition) is 2. The van der Waals surface area contributed by atoms with Gasteiger partial charge in [-0.1, -0.05) is 31.0 Å². The van der Waals surface area contributed by atoms with E-state index in [0.717, 1.165) is 43.6 Å². The van der Waals surface area contributed by atoms with Gasteiger partial charge in [0.15, 0.2) is 0 Å². The summed E-state index contributed by atoms with van der Waals surface area (Å²) in [6.45, 7) is 5.79. The number of anilines is 1. The molecule has 104 valence electrons. The molecule has 1 atom stereocenters. The number of rotatable bonds is 4. The normalized spacial score (nSPS) is 22.5. The van der Waals surface area contributed by atoms with Gasteiger partial charge in [0.25, 0.3) is 0 Å². The molecule has 1 heterocycles. The van der Waals surface area contributed by atoms with Crippen molar-refractivity contribution in [3.05, 3.63) is 28.8 Å². The minimum absolute atomic E-state index is 0.115. The summed E-state index contributed by atoms with van der Waals surface area (Å²) in [7, 11) is 0. The Labute approximate surface area is 119 Å². The number of halogens is 1. The number of nitrogens with one attached hydrogen (secondary N) is 2. The summed E-state index contributed by atoms with van der Waals surface area (Å²) in [5, 5.41) is 7.01. The van der Waals surface area contributed by atoms with Crippen LogP contribution >= 0.6 is 11.6 Å². The lowest BCUT2D eigenvalue weighted by Gasteiger charge is -2.26. The fourth-order valence-corrected chi connectivity index (χ4v) is 2.90. The van der Waals surface area contributed by atoms with Gasteiger partial charge in [0.1, 0.15) is 0 Å². The molecule has 1 saturated heterocycles. The number of benzene rings is 1. The van der Waals surface area contributed by atoms with Crippen LogP contribution in [-0.4, -0.2) is 19.0 Å². The van der Waals surface area contributed by atoms with Crippen LogP contribution in [0, 0.1) is 12.3 Å². The molecule has 1 aliphatic rings. The molecular formula is C15H21ClN2O. The molecule has 0 bridgehead atoms. The topological polar surface area (TPSA) is 41.1 Å². The Balaban J connectivity index is 2.17. The van der Waals surface area contributed by atoms with Crippen LogP contribution < -0.4 is 10.6 Å². The van der Waals surface area contributed by atoms with Crippen LogP contribution in [0.25, 0.3) is 0 Å². The lowest BCUT2D eigenvalue weighted by molar-refractivity contribution is -0.125. The van der Waals surface area contributed by atoms with Crippen molar-refractivity contribution in [1.29, 1.82) is 0 Å². The molecule has 19 heavy (non-hydrogen) atoms. The fraction of sp³-hybridized carbons (Fsp3) is 0.533. The average Bonchev–Trinajstić information content (AvgIpc) is 2.84. The zero-order valence-electron chi connectivity index (χ0n) is 11.6. The van der Waals surface area contributed by atoms with E-state index in [-0.39, 0.29) is 11.3 Å². The van der Waals surface area contributed by atoms with Crippen LogP contribution in [0.15, 0.2) is 18.2 Å². The minimum Gasteiger partial charge on any atom is -0.325 e. The van der Waals surface area contributed by atoms with Gasteiger partial charge in [0.2, 0.25) is 5.91 Å². The zero-order valence-corrected chi connectivity index (χ0v) is 12.3. The van der Waals surface area contributed by atoms with E-state index in [1.165, 1.54) is 0 Å². The molecule has 0 spiro atoms. The molecule has 0 aromatic heterocycles. The van der Waals surface area contributed by atoms with Gasteiger partial charge in [-0.3, -0.25) is 4.79 Å². The highest BCUT2D eigenvalue weighted by Crippen LogP contribution is 2.33. The van der Waals surface area contributed by atoms with Crippen molar-refractivity contribution in [2.75, 3.05) is 18.4 Å². The van der Waals surface area contributed by atoms with Crippen molar-refractivity contribution in [2.45, 2.75) is 33.1 Å². The smallest absolute Gasteiger partial charge is 0.231 e. The molecule has 1 aromatic carbocycles. The molecule has 1 amide bonds. The molecule has 1 aliphatic heterocycles. The van der Waals surface area contributed by atoms with Gasteiger partial charge in [-0.05, 0) is 44.0 Å². The zero-order chi connectivity index (χ0) is 13.9. The second kappa shape index (κ2) is 5.93. The third-order valence-corrected chi connectivity index (χ3v) is 4.14. The first-order valence-corrected chi connectivity index (χ1v) is 7.23. The Kier molecular flexibility index (Phi) is 4.48. The van der Waals surface area contributed by atoms with Gasteiger partial charge in [-0.25, -0.2) is 0 Å². The number of amides is 1. The van der Waals surface area contributed by atoms with E-state index in [9.17, 15) is 4.79 Å². The van der Waals surface area contributed by atoms with Crippen molar-refractivity contribution in [2.24, 2.45) is 5.41 Å². The third kappa shape index (κ3) is 3.10. The van der Waals surface area contributed by atoms with Gasteiger partial charge in [0.05, 0.1) is 5.41 Å². The summed E-state index contributed by atoms with van der Waals surface area (Å²) in [6.07, 6.45) is 2.85. The van der Waals surface area contributed by atoms with Gasteiger partial charge in [0, 0.05) is 17.3 Å². The summed E-state index contributed by atoms with van der Waals surface area (Å²) in [5.41, 5.74) is 1.60. The highest BCUT2D eigenvalue weighted by Gasteiger charge is 2.40. The summed E-state index contributed by atoms with van der Waals surface area (Å²) < 4.78 is 0. The standard InChI is InChI=1S/C15H21ClN2O/c1-3-6-15(7-8-17-10-15)14(19)18-13-9-12(16)5-4-11(13)2/h4-5,9,17H,3,6-8,10H2,1-2H3,(H,18,19). The molecule has 0 radical (unpaired) electrons. The number of aryl methyl sites for hydroxylation is 1. The first kappa shape index (κ1) is 14.4. The second-order valence-electron chi connectivity index (χ2n) is 5.37. The number of carbonyl (C=O) groups excluding carboxylic acids is 1. The quantitative estimate of drug-likeness (QED) is 0.888. The van der Waals surface area contributed by atoms with E-state index < -0.39 is 0 Å². The maximum Gasteiger partial charge on any atom is 0.231 e. The van der Waals surface area contributed by atoms with Gasteiger partial charge >= 0.3 is 0 Å². The van der Waals surface area contributed by atoms with Crippen LogP contribution in [0.1, 0.15) is 31.7 Å². The van der Waals surface area contributed by atoms with E-state index in [0.29, 0.717) is 5.02 Å². The van der Waals surface area contributed by atoms with Crippen molar-refractivity contribution < 1.29 is 4.79 Å². The van der Waals surface area contributed by atoms with Crippen LogP contribution in [0.2, 0.25) is 5.02 Å². The molecule has 1 unspecified atom stereocenters. The Morgan fingerprint density at radius 2 is 2.32 bits per heavy atom. The first-order valence-electron chi connectivity index (χ1n) is 6.86. The van der Waals surface area contributed by atoms with E-state index in [4.69, 9.17) is 11.6 Å². The predicted molar refractivity (Wildman–Crippen MR) is 79.6 cm³/mol. The van der Waals surface area contributed by atoms with Crippen LogP contribution in [-0.2, 0) is 4.79 Å². The fourth-order valence-electron chi connectivity index (χ4n) is 2.73. The van der Waals surface area contributed by atoms with Gasteiger partial charge < -0.3 is 10.6 Å². The number of carbonyl (C=O) groups is 1. The van der Waals surface area contributed by atoms with E-state index in [1.807, 2.05) is 25.1 Å². The molecular weight excluding hydrogens is 260 g/mol. The maximum atomic E-state index is 12.6. The van der Waals surface area contributed by atoms with Gasteiger partial charge in [-0.15, -0.1) is 0 Å². The SMILES string of the molecule is CCCC1(C(=O)Nc2cc(Cl)ccc2C)CCNC1. The first-order chi connectivity index (χ1) is 9.07. The highest BCUT2D eigenvalue weighted by atomic mass is 35.5. The summed E-state index contributed by atoms with van der Waals surface area (Å²) in [5.74, 6) is 0.115. The van der Waals surface area contributed by atoms with Crippen molar-refractivity contribution >= 4 is 23.2 Å². The largest absolute Gasteiger partial charge is 0.325 e. The van der Waals surface area contributed by atoms with Gasteiger partial charge in [-0.2, -0.15) is 0 Å². The Hall–Kier alpha value is -1.06. The second-order valence-corrected chi connectivity index (χ2v) is 5.81. The monoisotopic (exact) mass is 280 g/mol. The lowest BCUT2D eigenvalue weighted by atomic mass is 9.81. The van der Waals surface area contributed by atoms with E-state index in [2.05, 4.69) is 17.6 Å². The predicted octanol–water partition coefficient (Wildman–Crippen LogP) is 3.37. The van der Waals surface area contributed by atoms with Crippen molar-refractivity contribution in [1.82, 2.24) is 5.32 Å². The Morgan fingerprint density at radius 1 is 1.53 bits per heavy atom. The molecule has 2 rings (SSSR count). The Morgan fingerprint density at radius 3 is 2.95 bits per heavy atom. The van der Waals surface area contributed by atoms with E-state index in [1.54, 1.807) is 0 Å². The number of hydrogen-bond donors (Lipinski definition) is 2. The molecule has 1 aromatic rings. The summed E-state index contributed by atoms with van der Waals surface area (Å²) in [4.78, 5) is 12.6. The minimum atomic E-state index is -0.260. The summed E-state index contributed by atoms with van der Waals surface area (Å²) in [6, 6.07) is 5.58. The third-order valence-electron chi connectivity index (χ3n) is 3.90. The molecule has 2 N–H and O–H groups in total.